The van der Waals surface area contributed by atoms with Crippen LogP contribution in [0.1, 0.15) is 15.9 Å². The molecule has 8 nitrogen and oxygen atoms in total. The Labute approximate surface area is 210 Å². The normalized spacial score (nSPS) is 11.2. The summed E-state index contributed by atoms with van der Waals surface area (Å²) in [7, 11) is -0.531. The molecule has 10 heteroatoms. The average molecular weight is 514 g/mol. The van der Waals surface area contributed by atoms with Crippen LogP contribution in [0.15, 0.2) is 83.8 Å². The number of hydrogen-bond acceptors (Lipinski definition) is 6. The van der Waals surface area contributed by atoms with Crippen molar-refractivity contribution in [3.05, 3.63) is 90.0 Å². The Hall–Kier alpha value is -3.31. The van der Waals surface area contributed by atoms with Crippen LogP contribution >= 0.6 is 12.2 Å². The van der Waals surface area contributed by atoms with E-state index >= 15 is 0 Å². The smallest absolute Gasteiger partial charge is 0.257 e. The van der Waals surface area contributed by atoms with E-state index in [1.807, 2.05) is 30.3 Å². The Balaban J connectivity index is 1.55. The van der Waals surface area contributed by atoms with Crippen LogP contribution < -0.4 is 15.4 Å². The minimum absolute atomic E-state index is 0.0900. The lowest BCUT2D eigenvalue weighted by atomic mass is 10.2. The van der Waals surface area contributed by atoms with Gasteiger partial charge in [0, 0.05) is 32.0 Å². The molecule has 0 fully saturated rings. The molecule has 0 radical (unpaired) electrons. The van der Waals surface area contributed by atoms with Crippen LogP contribution in [0, 0.1) is 0 Å². The van der Waals surface area contributed by atoms with E-state index in [9.17, 15) is 13.2 Å². The van der Waals surface area contributed by atoms with E-state index < -0.39 is 10.0 Å². The highest BCUT2D eigenvalue weighted by molar-refractivity contribution is 7.89. The topological polar surface area (TPSA) is 97.0 Å². The average Bonchev–Trinajstić information content (AvgIpc) is 2.85. The molecule has 0 aromatic heterocycles. The zero-order chi connectivity index (χ0) is 25.3. The fourth-order valence-electron chi connectivity index (χ4n) is 3.10. The fourth-order valence-corrected chi connectivity index (χ4v) is 4.47. The van der Waals surface area contributed by atoms with Crippen molar-refractivity contribution in [1.82, 2.24) is 9.62 Å². The number of anilines is 1. The van der Waals surface area contributed by atoms with Gasteiger partial charge in [0.05, 0.1) is 11.5 Å². The van der Waals surface area contributed by atoms with Crippen molar-refractivity contribution in [2.24, 2.45) is 0 Å². The molecule has 0 bridgehead atoms. The molecular formula is C25H27N3O5S2. The number of amides is 1. The monoisotopic (exact) mass is 513 g/mol. The van der Waals surface area contributed by atoms with Crippen molar-refractivity contribution in [3.8, 4) is 5.75 Å². The molecule has 3 aromatic rings. The van der Waals surface area contributed by atoms with Gasteiger partial charge in [-0.3, -0.25) is 10.1 Å². The molecule has 0 unspecified atom stereocenters. The summed E-state index contributed by atoms with van der Waals surface area (Å²) in [6, 6.07) is 22.2. The Bertz CT molecular complexity index is 1230. The first-order valence-corrected chi connectivity index (χ1v) is 12.6. The van der Waals surface area contributed by atoms with Gasteiger partial charge in [-0.25, -0.2) is 8.42 Å². The van der Waals surface area contributed by atoms with Crippen LogP contribution in [0.5, 0.6) is 5.75 Å². The molecular weight excluding hydrogens is 486 g/mol. The standard InChI is InChI=1S/C25H27N3O5S2/c1-28(18-19-6-4-3-5-7-19)35(30,31)23-14-10-21(11-15-23)26-25(34)27-24(29)20-8-12-22(13-9-20)33-17-16-32-2/h3-15H,16-18H2,1-2H3,(H2,26,27,29,34). The van der Waals surface area contributed by atoms with Gasteiger partial charge in [0.2, 0.25) is 10.0 Å². The number of carbonyl (C=O) groups is 1. The maximum absolute atomic E-state index is 12.9. The fraction of sp³-hybridized carbons (Fsp3) is 0.200. The Morgan fingerprint density at radius 3 is 2.23 bits per heavy atom. The SMILES string of the molecule is COCCOc1ccc(C(=O)NC(=S)Nc2ccc(S(=O)(=O)N(C)Cc3ccccc3)cc2)cc1. The summed E-state index contributed by atoms with van der Waals surface area (Å²) in [6.45, 7) is 1.15. The third-order valence-electron chi connectivity index (χ3n) is 4.97. The number of thiocarbonyl (C=S) groups is 1. The lowest BCUT2D eigenvalue weighted by Gasteiger charge is -2.17. The van der Waals surface area contributed by atoms with Crippen molar-refractivity contribution in [2.45, 2.75) is 11.4 Å². The Morgan fingerprint density at radius 2 is 1.60 bits per heavy atom. The molecule has 0 saturated carbocycles. The van der Waals surface area contributed by atoms with E-state index in [-0.39, 0.29) is 22.5 Å². The maximum Gasteiger partial charge on any atom is 0.257 e. The second-order valence-corrected chi connectivity index (χ2v) is 10.00. The quantitative estimate of drug-likeness (QED) is 0.315. The van der Waals surface area contributed by atoms with E-state index in [2.05, 4.69) is 10.6 Å². The van der Waals surface area contributed by atoms with Crippen LogP contribution in [0.2, 0.25) is 0 Å². The van der Waals surface area contributed by atoms with Gasteiger partial charge in [-0.1, -0.05) is 30.3 Å². The lowest BCUT2D eigenvalue weighted by molar-refractivity contribution is 0.0977. The van der Waals surface area contributed by atoms with E-state index in [1.54, 1.807) is 43.5 Å². The molecule has 0 aliphatic heterocycles. The molecule has 3 rings (SSSR count). The second kappa shape index (κ2) is 12.4. The summed E-state index contributed by atoms with van der Waals surface area (Å²) in [6.07, 6.45) is 0. The minimum atomic E-state index is -3.66. The van der Waals surface area contributed by atoms with Crippen LogP contribution in [-0.4, -0.2) is 51.1 Å². The predicted molar refractivity (Wildman–Crippen MR) is 139 cm³/mol. The van der Waals surface area contributed by atoms with Gasteiger partial charge in [-0.2, -0.15) is 4.31 Å². The van der Waals surface area contributed by atoms with Crippen molar-refractivity contribution >= 4 is 38.9 Å². The molecule has 35 heavy (non-hydrogen) atoms. The highest BCUT2D eigenvalue weighted by Gasteiger charge is 2.21. The second-order valence-electron chi connectivity index (χ2n) is 7.54. The number of carbonyl (C=O) groups excluding carboxylic acids is 1. The molecule has 0 heterocycles. The number of methoxy groups -OCH3 is 1. The van der Waals surface area contributed by atoms with E-state index in [0.29, 0.717) is 30.2 Å². The molecule has 1 amide bonds. The minimum Gasteiger partial charge on any atom is -0.491 e. The van der Waals surface area contributed by atoms with Crippen molar-refractivity contribution in [3.63, 3.8) is 0 Å². The predicted octanol–water partition coefficient (Wildman–Crippen LogP) is 3.66. The number of benzene rings is 3. The molecule has 2 N–H and O–H groups in total. The van der Waals surface area contributed by atoms with Crippen molar-refractivity contribution in [1.29, 1.82) is 0 Å². The van der Waals surface area contributed by atoms with Crippen LogP contribution in [0.25, 0.3) is 0 Å². The molecule has 0 atom stereocenters. The zero-order valence-corrected chi connectivity index (χ0v) is 21.1. The zero-order valence-electron chi connectivity index (χ0n) is 19.4. The lowest BCUT2D eigenvalue weighted by Crippen LogP contribution is -2.34. The van der Waals surface area contributed by atoms with Gasteiger partial charge in [-0.15, -0.1) is 0 Å². The summed E-state index contributed by atoms with van der Waals surface area (Å²) in [4.78, 5) is 12.6. The summed E-state index contributed by atoms with van der Waals surface area (Å²) in [5.74, 6) is 0.247. The molecule has 0 aliphatic rings. The number of nitrogens with zero attached hydrogens (tertiary/aromatic N) is 1. The summed E-state index contributed by atoms with van der Waals surface area (Å²) >= 11 is 5.22. The first kappa shape index (κ1) is 26.3. The molecule has 0 saturated heterocycles. The Morgan fingerprint density at radius 1 is 0.943 bits per heavy atom. The van der Waals surface area contributed by atoms with Gasteiger partial charge in [-0.05, 0) is 66.3 Å². The largest absolute Gasteiger partial charge is 0.491 e. The third kappa shape index (κ3) is 7.59. The van der Waals surface area contributed by atoms with E-state index in [4.69, 9.17) is 21.7 Å². The number of hydrogen-bond donors (Lipinski definition) is 2. The number of rotatable bonds is 10. The number of ether oxygens (including phenoxy) is 2. The van der Waals surface area contributed by atoms with E-state index in [1.165, 1.54) is 23.5 Å². The summed E-state index contributed by atoms with van der Waals surface area (Å²) in [5, 5.41) is 5.58. The Kier molecular flexibility index (Phi) is 9.32. The van der Waals surface area contributed by atoms with Crippen molar-refractivity contribution < 1.29 is 22.7 Å². The first-order chi connectivity index (χ1) is 16.8. The summed E-state index contributed by atoms with van der Waals surface area (Å²) in [5.41, 5.74) is 1.85. The van der Waals surface area contributed by atoms with Gasteiger partial charge in [0.25, 0.3) is 5.91 Å². The maximum atomic E-state index is 12.9. The van der Waals surface area contributed by atoms with Crippen LogP contribution in [0.3, 0.4) is 0 Å². The molecule has 184 valence electrons. The third-order valence-corrected chi connectivity index (χ3v) is 6.99. The molecule has 3 aromatic carbocycles. The first-order valence-electron chi connectivity index (χ1n) is 10.7. The van der Waals surface area contributed by atoms with Crippen LogP contribution in [0.4, 0.5) is 5.69 Å². The van der Waals surface area contributed by atoms with Gasteiger partial charge in [0.15, 0.2) is 5.11 Å². The van der Waals surface area contributed by atoms with Gasteiger partial charge >= 0.3 is 0 Å². The molecule has 0 aliphatic carbocycles. The summed E-state index contributed by atoms with van der Waals surface area (Å²) < 4.78 is 37.5. The molecule has 0 spiro atoms. The van der Waals surface area contributed by atoms with Gasteiger partial charge < -0.3 is 14.8 Å². The number of sulfonamides is 1. The number of nitrogens with one attached hydrogen (secondary N) is 2. The van der Waals surface area contributed by atoms with Gasteiger partial charge in [0.1, 0.15) is 12.4 Å². The van der Waals surface area contributed by atoms with E-state index in [0.717, 1.165) is 5.56 Å². The highest BCUT2D eigenvalue weighted by atomic mass is 32.2. The van der Waals surface area contributed by atoms with Crippen LogP contribution in [-0.2, 0) is 21.3 Å². The van der Waals surface area contributed by atoms with Crippen molar-refractivity contribution in [2.75, 3.05) is 32.7 Å². The highest BCUT2D eigenvalue weighted by Crippen LogP contribution is 2.19.